The molecule has 0 unspecified atom stereocenters. The number of nitrogens with one attached hydrogen (secondary N) is 1. The lowest BCUT2D eigenvalue weighted by atomic mass is 10.1. The molecule has 0 saturated heterocycles. The van der Waals surface area contributed by atoms with Crippen molar-refractivity contribution in [3.05, 3.63) is 65.7 Å². The second-order valence-electron chi connectivity index (χ2n) is 6.84. The molecule has 0 aliphatic rings. The van der Waals surface area contributed by atoms with Gasteiger partial charge in [0.1, 0.15) is 5.82 Å². The summed E-state index contributed by atoms with van der Waals surface area (Å²) in [6, 6.07) is 12.7. The third-order valence-corrected chi connectivity index (χ3v) is 4.37. The van der Waals surface area contributed by atoms with Crippen LogP contribution < -0.4 is 5.32 Å². The van der Waals surface area contributed by atoms with Gasteiger partial charge in [0, 0.05) is 18.3 Å². The second kappa shape index (κ2) is 7.19. The zero-order valence-corrected chi connectivity index (χ0v) is 15.7. The number of para-hydroxylation sites is 1. The van der Waals surface area contributed by atoms with Gasteiger partial charge in [0.25, 0.3) is 5.82 Å². The number of aromatic nitrogens is 6. The Kier molecular flexibility index (Phi) is 4.69. The molecule has 150 valence electrons. The fraction of sp³-hybridized carbons (Fsp3) is 0.263. The molecule has 4 aromatic rings. The minimum Gasteiger partial charge on any atom is -0.364 e. The summed E-state index contributed by atoms with van der Waals surface area (Å²) in [6.45, 7) is 4.44. The Balaban J connectivity index is 1.61. The minimum atomic E-state index is -4.63. The maximum absolute atomic E-state index is 13.0. The maximum atomic E-state index is 13.0. The number of nitrogens with zero attached hydrogens (tertiary/aromatic N) is 6. The van der Waals surface area contributed by atoms with E-state index in [1.807, 2.05) is 50.4 Å². The Hall–Kier alpha value is -3.43. The lowest BCUT2D eigenvalue weighted by molar-refractivity contribution is -0.146. The topological polar surface area (TPSA) is 72.9 Å². The van der Waals surface area contributed by atoms with Crippen LogP contribution in [0.4, 0.5) is 19.0 Å². The van der Waals surface area contributed by atoms with Crippen molar-refractivity contribution in [3.8, 4) is 5.69 Å². The van der Waals surface area contributed by atoms with Crippen LogP contribution in [0.3, 0.4) is 0 Å². The van der Waals surface area contributed by atoms with Crippen LogP contribution in [-0.2, 0) is 12.7 Å². The molecule has 0 aliphatic carbocycles. The molecule has 0 radical (unpaired) electrons. The van der Waals surface area contributed by atoms with Gasteiger partial charge in [-0.05, 0) is 30.2 Å². The van der Waals surface area contributed by atoms with Gasteiger partial charge >= 0.3 is 6.18 Å². The van der Waals surface area contributed by atoms with Gasteiger partial charge in [-0.2, -0.15) is 22.8 Å². The predicted molar refractivity (Wildman–Crippen MR) is 101 cm³/mol. The van der Waals surface area contributed by atoms with Crippen LogP contribution in [0.5, 0.6) is 0 Å². The molecule has 29 heavy (non-hydrogen) atoms. The highest BCUT2D eigenvalue weighted by molar-refractivity contribution is 5.45. The van der Waals surface area contributed by atoms with Crippen LogP contribution in [0.15, 0.2) is 48.7 Å². The summed E-state index contributed by atoms with van der Waals surface area (Å²) < 4.78 is 41.6. The van der Waals surface area contributed by atoms with E-state index in [2.05, 4.69) is 25.7 Å². The van der Waals surface area contributed by atoms with Crippen molar-refractivity contribution < 1.29 is 13.2 Å². The summed E-state index contributed by atoms with van der Waals surface area (Å²) in [4.78, 5) is 0. The zero-order valence-electron chi connectivity index (χ0n) is 15.7. The average molecular weight is 401 g/mol. The zero-order chi connectivity index (χ0) is 20.6. The quantitative estimate of drug-likeness (QED) is 0.546. The van der Waals surface area contributed by atoms with Crippen LogP contribution in [-0.4, -0.2) is 29.6 Å². The van der Waals surface area contributed by atoms with E-state index in [1.54, 1.807) is 10.7 Å². The molecule has 0 atom stereocenters. The molecule has 7 nitrogen and oxygen atoms in total. The summed E-state index contributed by atoms with van der Waals surface area (Å²) in [5.74, 6) is -0.692. The SMILES string of the molecule is CC(C)c1nn(-c2ccccc2)cc1CNc1ccc2nnc(C(F)(F)F)n2n1. The lowest BCUT2D eigenvalue weighted by Gasteiger charge is -2.08. The van der Waals surface area contributed by atoms with E-state index < -0.39 is 12.0 Å². The molecular weight excluding hydrogens is 383 g/mol. The third kappa shape index (κ3) is 3.78. The van der Waals surface area contributed by atoms with E-state index in [9.17, 15) is 13.2 Å². The van der Waals surface area contributed by atoms with Gasteiger partial charge in [0.05, 0.1) is 11.4 Å². The number of halogens is 3. The second-order valence-corrected chi connectivity index (χ2v) is 6.84. The first-order valence-electron chi connectivity index (χ1n) is 9.00. The van der Waals surface area contributed by atoms with Gasteiger partial charge in [0.15, 0.2) is 5.65 Å². The van der Waals surface area contributed by atoms with Crippen LogP contribution in [0, 0.1) is 0 Å². The number of hydrogen-bond acceptors (Lipinski definition) is 5. The Morgan fingerprint density at radius 1 is 1.00 bits per heavy atom. The molecule has 1 N–H and O–H groups in total. The fourth-order valence-electron chi connectivity index (χ4n) is 3.00. The van der Waals surface area contributed by atoms with E-state index in [-0.39, 0.29) is 17.4 Å². The van der Waals surface area contributed by atoms with Crippen molar-refractivity contribution in [2.75, 3.05) is 5.32 Å². The number of anilines is 1. The fourth-order valence-corrected chi connectivity index (χ4v) is 3.00. The van der Waals surface area contributed by atoms with Crippen LogP contribution in [0.25, 0.3) is 11.3 Å². The van der Waals surface area contributed by atoms with Gasteiger partial charge in [0.2, 0.25) is 0 Å². The number of alkyl halides is 3. The third-order valence-electron chi connectivity index (χ3n) is 4.37. The van der Waals surface area contributed by atoms with Gasteiger partial charge in [-0.25, -0.2) is 4.68 Å². The first-order valence-corrected chi connectivity index (χ1v) is 9.00. The molecule has 3 aromatic heterocycles. The lowest BCUT2D eigenvalue weighted by Crippen LogP contribution is -2.13. The summed E-state index contributed by atoms with van der Waals surface area (Å²) >= 11 is 0. The van der Waals surface area contributed by atoms with Crippen LogP contribution in [0.2, 0.25) is 0 Å². The minimum absolute atomic E-state index is 0.0302. The maximum Gasteiger partial charge on any atom is 0.453 e. The number of benzene rings is 1. The summed E-state index contributed by atoms with van der Waals surface area (Å²) in [6.07, 6.45) is -2.72. The molecule has 3 heterocycles. The van der Waals surface area contributed by atoms with Crippen molar-refractivity contribution in [1.29, 1.82) is 0 Å². The van der Waals surface area contributed by atoms with E-state index in [4.69, 9.17) is 0 Å². The standard InChI is InChI=1S/C19H18F3N7/c1-12(2)17-13(11-28(27-17)14-6-4-3-5-7-14)10-23-15-8-9-16-24-25-18(19(20,21)22)29(16)26-15/h3-9,11-12H,10H2,1-2H3,(H,23,26). The molecule has 0 amide bonds. The largest absolute Gasteiger partial charge is 0.453 e. The summed E-state index contributed by atoms with van der Waals surface area (Å²) in [7, 11) is 0. The normalized spacial score (nSPS) is 12.1. The Bertz CT molecular complexity index is 1130. The monoisotopic (exact) mass is 401 g/mol. The highest BCUT2D eigenvalue weighted by Crippen LogP contribution is 2.27. The molecular formula is C19H18F3N7. The van der Waals surface area contributed by atoms with Crippen molar-refractivity contribution in [2.45, 2.75) is 32.5 Å². The molecule has 0 bridgehead atoms. The Labute approximate surface area is 164 Å². The smallest absolute Gasteiger partial charge is 0.364 e. The first-order chi connectivity index (χ1) is 13.8. The van der Waals surface area contributed by atoms with E-state index in [0.29, 0.717) is 11.1 Å². The number of rotatable bonds is 5. The van der Waals surface area contributed by atoms with Gasteiger partial charge in [-0.3, -0.25) is 0 Å². The molecule has 0 fully saturated rings. The van der Waals surface area contributed by atoms with Crippen molar-refractivity contribution in [2.24, 2.45) is 0 Å². The van der Waals surface area contributed by atoms with Crippen molar-refractivity contribution in [1.82, 2.24) is 29.6 Å². The van der Waals surface area contributed by atoms with Gasteiger partial charge in [-0.15, -0.1) is 15.3 Å². The molecule has 0 aliphatic heterocycles. The molecule has 0 saturated carbocycles. The predicted octanol–water partition coefficient (Wildman–Crippen LogP) is 4.06. The Morgan fingerprint density at radius 2 is 1.76 bits per heavy atom. The highest BCUT2D eigenvalue weighted by Gasteiger charge is 2.37. The number of hydrogen-bond donors (Lipinski definition) is 1. The highest BCUT2D eigenvalue weighted by atomic mass is 19.4. The average Bonchev–Trinajstić information content (AvgIpc) is 3.31. The van der Waals surface area contributed by atoms with Crippen molar-refractivity contribution in [3.63, 3.8) is 0 Å². The molecule has 1 aromatic carbocycles. The molecule has 4 rings (SSSR count). The molecule has 0 spiro atoms. The van der Waals surface area contributed by atoms with E-state index in [1.165, 1.54) is 6.07 Å². The Morgan fingerprint density at radius 3 is 2.45 bits per heavy atom. The van der Waals surface area contributed by atoms with Gasteiger partial charge < -0.3 is 5.32 Å². The van der Waals surface area contributed by atoms with E-state index >= 15 is 0 Å². The van der Waals surface area contributed by atoms with Crippen LogP contribution >= 0.6 is 0 Å². The summed E-state index contributed by atoms with van der Waals surface area (Å²) in [5, 5.41) is 18.4. The van der Waals surface area contributed by atoms with Crippen LogP contribution in [0.1, 0.15) is 36.8 Å². The van der Waals surface area contributed by atoms with Crippen molar-refractivity contribution >= 4 is 11.5 Å². The number of fused-ring (bicyclic) bond motifs is 1. The first kappa shape index (κ1) is 18.9. The van der Waals surface area contributed by atoms with E-state index in [0.717, 1.165) is 16.9 Å². The molecule has 10 heteroatoms. The summed E-state index contributed by atoms with van der Waals surface area (Å²) in [5.41, 5.74) is 2.80. The van der Waals surface area contributed by atoms with Gasteiger partial charge in [-0.1, -0.05) is 32.0 Å².